The van der Waals surface area contributed by atoms with E-state index < -0.39 is 0 Å². The maximum atomic E-state index is 6.40. The molecule has 7 aromatic heterocycles. The van der Waals surface area contributed by atoms with Crippen LogP contribution in [0.1, 0.15) is 0 Å². The van der Waals surface area contributed by atoms with Crippen LogP contribution in [-0.2, 0) is 0 Å². The van der Waals surface area contributed by atoms with Crippen LogP contribution in [0.15, 0.2) is 429 Å². The molecule has 7 heteroatoms. The zero-order valence-corrected chi connectivity index (χ0v) is 64.5. The summed E-state index contributed by atoms with van der Waals surface area (Å²) < 4.78 is 20.8. The molecule has 0 atom stereocenters. The van der Waals surface area contributed by atoms with Gasteiger partial charge in [-0.3, -0.25) is 0 Å². The Kier molecular flexibility index (Phi) is 14.7. The predicted octanol–water partition coefficient (Wildman–Crippen LogP) is 30.0. The Morgan fingerprint density at radius 2 is 0.420 bits per heavy atom. The third-order valence-corrected chi connectivity index (χ3v) is 25.1. The highest BCUT2D eigenvalue weighted by atomic mass is 16.3. The van der Waals surface area contributed by atoms with Crippen LogP contribution in [0.5, 0.6) is 0 Å². The van der Waals surface area contributed by atoms with Gasteiger partial charge in [-0.1, -0.05) is 249 Å². The Morgan fingerprint density at radius 1 is 0.151 bits per heavy atom. The van der Waals surface area contributed by atoms with Crippen molar-refractivity contribution in [2.75, 3.05) is 0 Å². The van der Waals surface area contributed by atoms with Gasteiger partial charge in [0.15, 0.2) is 0 Å². The van der Waals surface area contributed by atoms with Crippen LogP contribution in [0.4, 0.5) is 0 Å². The van der Waals surface area contributed by atoms with E-state index in [1.807, 2.05) is 12.1 Å². The maximum absolute atomic E-state index is 6.40. The van der Waals surface area contributed by atoms with Crippen molar-refractivity contribution in [3.05, 3.63) is 425 Å². The SMILES string of the molecule is c1ccc(-n2c3ccccc3c3cc(-c4ccc5c(c4)c4ccccc4n5-c4ccc(-n5c6ccccc6c6c7ccccc7ccc65)cc4)ccc32)cc1.c1ccc2c(c1)oc1c(-c3ccc(-n4c5ccccc5c5cc(-c6ccc7c(c6)c6ccccc6n7-c6ccc(-n7c8ccccc8c8ccccc87)cc6)ccc54)cc3)cccc12. The van der Waals surface area contributed by atoms with Gasteiger partial charge in [0.1, 0.15) is 11.2 Å². The predicted molar refractivity (Wildman–Crippen MR) is 500 cm³/mol. The third kappa shape index (κ3) is 10.2. The lowest BCUT2D eigenvalue weighted by Gasteiger charge is -2.12. The number of hydrogen-bond acceptors (Lipinski definition) is 1. The summed E-state index contributed by atoms with van der Waals surface area (Å²) in [7, 11) is 0. The summed E-state index contributed by atoms with van der Waals surface area (Å²) in [4.78, 5) is 0. The molecule has 26 rings (SSSR count). The number of fused-ring (bicyclic) bond motifs is 23. The molecule has 7 heterocycles. The first-order chi connectivity index (χ1) is 59.0. The molecule has 0 bridgehead atoms. The molecular formula is C112H70N6O. The topological polar surface area (TPSA) is 42.7 Å². The van der Waals surface area contributed by atoms with Crippen LogP contribution in [0, 0.1) is 0 Å². The number of benzene rings is 19. The summed E-state index contributed by atoms with van der Waals surface area (Å²) in [6.45, 7) is 0. The Morgan fingerprint density at radius 3 is 0.824 bits per heavy atom. The number of hydrogen-bond donors (Lipinski definition) is 0. The maximum Gasteiger partial charge on any atom is 0.143 e. The molecule has 0 aliphatic carbocycles. The van der Waals surface area contributed by atoms with Crippen LogP contribution >= 0.6 is 0 Å². The molecule has 0 aliphatic rings. The van der Waals surface area contributed by atoms with Gasteiger partial charge in [-0.15, -0.1) is 0 Å². The van der Waals surface area contributed by atoms with E-state index in [0.29, 0.717) is 0 Å². The van der Waals surface area contributed by atoms with E-state index in [2.05, 4.69) is 440 Å². The third-order valence-electron chi connectivity index (χ3n) is 25.1. The van der Waals surface area contributed by atoms with Gasteiger partial charge in [-0.05, 0) is 215 Å². The molecule has 554 valence electrons. The molecule has 19 aromatic carbocycles. The van der Waals surface area contributed by atoms with E-state index in [4.69, 9.17) is 4.42 Å². The molecule has 0 amide bonds. The molecule has 0 N–H and O–H groups in total. The smallest absolute Gasteiger partial charge is 0.143 e. The van der Waals surface area contributed by atoms with Crippen molar-refractivity contribution < 1.29 is 4.42 Å². The minimum atomic E-state index is 0.913. The number of aromatic nitrogens is 6. The summed E-state index contributed by atoms with van der Waals surface area (Å²) in [5.74, 6) is 0. The van der Waals surface area contributed by atoms with Gasteiger partial charge >= 0.3 is 0 Å². The second-order valence-electron chi connectivity index (χ2n) is 31.4. The van der Waals surface area contributed by atoms with E-state index in [1.165, 1.54) is 170 Å². The van der Waals surface area contributed by atoms with E-state index in [0.717, 1.165) is 61.5 Å². The van der Waals surface area contributed by atoms with Crippen molar-refractivity contribution in [3.63, 3.8) is 0 Å². The lowest BCUT2D eigenvalue weighted by atomic mass is 10.0. The van der Waals surface area contributed by atoms with Crippen LogP contribution in [0.3, 0.4) is 0 Å². The Hall–Kier alpha value is -16.0. The fourth-order valence-corrected chi connectivity index (χ4v) is 19.8. The molecule has 0 radical (unpaired) electrons. The van der Waals surface area contributed by atoms with E-state index >= 15 is 0 Å². The largest absolute Gasteiger partial charge is 0.455 e. The number of rotatable bonds is 9. The zero-order valence-electron chi connectivity index (χ0n) is 64.5. The van der Waals surface area contributed by atoms with E-state index in [-0.39, 0.29) is 0 Å². The van der Waals surface area contributed by atoms with Gasteiger partial charge < -0.3 is 31.8 Å². The minimum Gasteiger partial charge on any atom is -0.455 e. The zero-order chi connectivity index (χ0) is 77.9. The van der Waals surface area contributed by atoms with Gasteiger partial charge in [-0.2, -0.15) is 0 Å². The number of nitrogens with zero attached hydrogens (tertiary/aromatic N) is 6. The van der Waals surface area contributed by atoms with E-state index in [9.17, 15) is 0 Å². The van der Waals surface area contributed by atoms with Gasteiger partial charge in [0.2, 0.25) is 0 Å². The van der Waals surface area contributed by atoms with Gasteiger partial charge in [0, 0.05) is 115 Å². The normalized spacial score (nSPS) is 12.0. The van der Waals surface area contributed by atoms with Crippen LogP contribution in [-0.4, -0.2) is 27.4 Å². The molecule has 0 fully saturated rings. The van der Waals surface area contributed by atoms with E-state index in [1.54, 1.807) is 0 Å². The van der Waals surface area contributed by atoms with Crippen molar-refractivity contribution >= 4 is 164 Å². The highest BCUT2D eigenvalue weighted by Gasteiger charge is 2.23. The molecule has 0 spiro atoms. The molecule has 0 saturated carbocycles. The van der Waals surface area contributed by atoms with Crippen LogP contribution in [0.2, 0.25) is 0 Å². The number of para-hydroxylation sites is 10. The van der Waals surface area contributed by atoms with Crippen molar-refractivity contribution in [1.82, 2.24) is 27.4 Å². The number of furan rings is 1. The Bertz CT molecular complexity index is 8600. The fourth-order valence-electron chi connectivity index (χ4n) is 19.8. The molecular weight excluding hydrogens is 1450 g/mol. The average Bonchev–Trinajstić information content (AvgIpc) is 1.58. The second kappa shape index (κ2) is 26.3. The lowest BCUT2D eigenvalue weighted by Crippen LogP contribution is -1.97. The Balaban J connectivity index is 0.000000134. The molecule has 26 aromatic rings. The second-order valence-corrected chi connectivity index (χ2v) is 31.4. The summed E-state index contributed by atoms with van der Waals surface area (Å²) in [5.41, 5.74) is 30.2. The summed E-state index contributed by atoms with van der Waals surface area (Å²) in [6.07, 6.45) is 0. The molecule has 0 saturated heterocycles. The first-order valence-corrected chi connectivity index (χ1v) is 40.9. The van der Waals surface area contributed by atoms with Crippen molar-refractivity contribution in [1.29, 1.82) is 0 Å². The Labute approximate surface area is 683 Å². The summed E-state index contributed by atoms with van der Waals surface area (Å²) >= 11 is 0. The van der Waals surface area contributed by atoms with Gasteiger partial charge in [-0.25, -0.2) is 0 Å². The highest BCUT2D eigenvalue weighted by molar-refractivity contribution is 6.22. The standard InChI is InChI=1S/C60H37N3O.C52H33N3/c1-6-19-53-45(12-1)46-13-2-7-20-54(46)61(53)42-30-32-43(33-31-42)63-56-22-9-4-15-48(56)52-37-40(27-35-58(52)63)39-26-34-57-51(36-39)47-14-3-8-21-55(47)62(57)41-28-24-38(25-29-41)44-17-11-18-50-49-16-5-10-23-59(49)64-60(44)50;1-2-13-37(14-3-1)53-46-19-9-6-16-41(46)44-32-35(23-29-49(44)53)36-24-30-50-45(33-36)42-17-7-10-20-47(42)54(50)38-25-27-39(28-26-38)55-48-21-11-8-18-43(48)52-40-15-5-4-12-34(40)22-31-51(52)55/h1-37H;1-33H. The molecule has 119 heavy (non-hydrogen) atoms. The van der Waals surface area contributed by atoms with Crippen molar-refractivity contribution in [2.24, 2.45) is 0 Å². The summed E-state index contributed by atoms with van der Waals surface area (Å²) in [6, 6.07) is 155. The monoisotopic (exact) mass is 1510 g/mol. The first kappa shape index (κ1) is 66.5. The highest BCUT2D eigenvalue weighted by Crippen LogP contribution is 2.45. The average molecular weight is 1520 g/mol. The van der Waals surface area contributed by atoms with Crippen molar-refractivity contribution in [3.8, 4) is 67.5 Å². The molecule has 7 nitrogen and oxygen atoms in total. The lowest BCUT2D eigenvalue weighted by molar-refractivity contribution is 0.670. The van der Waals surface area contributed by atoms with Gasteiger partial charge in [0.05, 0.1) is 66.2 Å². The fraction of sp³-hybridized carbons (Fsp3) is 0. The van der Waals surface area contributed by atoms with Crippen LogP contribution in [0.25, 0.3) is 231 Å². The first-order valence-electron chi connectivity index (χ1n) is 40.9. The summed E-state index contributed by atoms with van der Waals surface area (Å²) in [5, 5.41) is 19.9. The molecule has 0 aliphatic heterocycles. The quantitative estimate of drug-likeness (QED) is 0.142. The molecule has 0 unspecified atom stereocenters. The van der Waals surface area contributed by atoms with Crippen LogP contribution < -0.4 is 0 Å². The van der Waals surface area contributed by atoms with Crippen molar-refractivity contribution in [2.45, 2.75) is 0 Å². The van der Waals surface area contributed by atoms with Gasteiger partial charge in [0.25, 0.3) is 0 Å². The minimum absolute atomic E-state index is 0.913.